The molecule has 0 N–H and O–H groups in total. The number of hydrogen-bond donors (Lipinski definition) is 0. The number of aromatic nitrogens is 1. The highest BCUT2D eigenvalue weighted by atomic mass is 19.1. The van der Waals surface area contributed by atoms with E-state index in [9.17, 15) is 9.18 Å². The van der Waals surface area contributed by atoms with Gasteiger partial charge in [-0.2, -0.15) is 0 Å². The van der Waals surface area contributed by atoms with Crippen molar-refractivity contribution in [3.05, 3.63) is 41.2 Å². The van der Waals surface area contributed by atoms with Crippen LogP contribution in [-0.2, 0) is 6.42 Å². The number of rotatable bonds is 3. The van der Waals surface area contributed by atoms with E-state index in [0.717, 1.165) is 61.1 Å². The van der Waals surface area contributed by atoms with E-state index >= 15 is 0 Å². The zero-order chi connectivity index (χ0) is 20.6. The Balaban J connectivity index is 0.000000282. The van der Waals surface area contributed by atoms with E-state index in [-0.39, 0.29) is 5.78 Å². The second kappa shape index (κ2) is 10.6. The average molecular weight is 376 g/mol. The second-order valence-corrected chi connectivity index (χ2v) is 7.86. The fraction of sp³-hybridized carbons (Fsp3) is 0.625. The summed E-state index contributed by atoms with van der Waals surface area (Å²) in [5.41, 5.74) is 3.47. The number of hydrogen-bond acceptors (Lipinski definition) is 1. The van der Waals surface area contributed by atoms with Crippen molar-refractivity contribution in [2.45, 2.75) is 92.7 Å². The molecule has 1 saturated carbocycles. The monoisotopic (exact) mass is 375 g/mol. The van der Waals surface area contributed by atoms with Crippen molar-refractivity contribution in [2.24, 2.45) is 5.92 Å². The van der Waals surface area contributed by atoms with Crippen LogP contribution in [0.3, 0.4) is 0 Å². The molecule has 2 aromatic rings. The molecule has 0 spiro atoms. The number of nitrogens with zero attached hydrogens (tertiary/aromatic N) is 1. The molecule has 0 amide bonds. The quantitative estimate of drug-likeness (QED) is 0.514. The van der Waals surface area contributed by atoms with E-state index in [1.165, 1.54) is 5.69 Å². The fourth-order valence-corrected chi connectivity index (χ4v) is 3.58. The number of aryl methyl sites for hydroxylation is 2. The first-order valence-electron chi connectivity index (χ1n) is 10.5. The summed E-state index contributed by atoms with van der Waals surface area (Å²) in [6, 6.07) is 6.12. The number of alkyl halides is 1. The van der Waals surface area contributed by atoms with Crippen molar-refractivity contribution in [3.8, 4) is 0 Å². The lowest BCUT2D eigenvalue weighted by Gasteiger charge is -2.28. The van der Waals surface area contributed by atoms with E-state index in [0.29, 0.717) is 0 Å². The van der Waals surface area contributed by atoms with Crippen LogP contribution in [0.5, 0.6) is 0 Å². The molecule has 152 valence electrons. The van der Waals surface area contributed by atoms with Gasteiger partial charge >= 0.3 is 0 Å². The van der Waals surface area contributed by atoms with Crippen LogP contribution in [0.2, 0.25) is 0 Å². The lowest BCUT2D eigenvalue weighted by atomic mass is 9.82. The number of Topliss-reactive ketones (excluding diaryl/α,β-unsaturated/α-hetero) is 1. The maximum absolute atomic E-state index is 13.0. The van der Waals surface area contributed by atoms with Crippen LogP contribution in [0, 0.1) is 12.8 Å². The van der Waals surface area contributed by atoms with Gasteiger partial charge in [-0.25, -0.2) is 4.39 Å². The highest BCUT2D eigenvalue weighted by Crippen LogP contribution is 2.33. The van der Waals surface area contributed by atoms with Crippen molar-refractivity contribution in [3.63, 3.8) is 0 Å². The summed E-state index contributed by atoms with van der Waals surface area (Å²) in [5.74, 6) is 0.906. The number of ketones is 1. The van der Waals surface area contributed by atoms with Crippen LogP contribution in [-0.4, -0.2) is 15.9 Å². The van der Waals surface area contributed by atoms with E-state index in [4.69, 9.17) is 0 Å². The number of pyridine rings is 1. The molecule has 3 rings (SSSR count). The Kier molecular flexibility index (Phi) is 9.21. The predicted molar refractivity (Wildman–Crippen MR) is 115 cm³/mol. The Hall–Kier alpha value is -1.64. The molecule has 2 nitrogen and oxygen atoms in total. The molecule has 0 unspecified atom stereocenters. The Morgan fingerprint density at radius 3 is 2.37 bits per heavy atom. The lowest BCUT2D eigenvalue weighted by Crippen LogP contribution is -2.24. The second-order valence-electron chi connectivity index (χ2n) is 7.86. The van der Waals surface area contributed by atoms with Gasteiger partial charge in [0.1, 0.15) is 5.67 Å². The molecule has 0 aliphatic heterocycles. The molecule has 2 heterocycles. The highest BCUT2D eigenvalue weighted by molar-refractivity contribution is 6.02. The van der Waals surface area contributed by atoms with Gasteiger partial charge in [0.2, 0.25) is 0 Å². The standard InChI is InChI=1S/C14H17NO.C8H15F.C2H6/c1-4-6-12-9-13(11(3)16)14-10(2)7-5-8-15(12)14;1-7-3-5-8(2,9)6-4-7;1-2/h5,7-9H,4,6H2,1-3H3;7H,3-6H2,1-2H3;1-2H3. The van der Waals surface area contributed by atoms with Gasteiger partial charge in [-0.05, 0) is 76.5 Å². The summed E-state index contributed by atoms with van der Waals surface area (Å²) >= 11 is 0. The minimum atomic E-state index is -0.841. The van der Waals surface area contributed by atoms with Gasteiger partial charge in [0.05, 0.1) is 5.52 Å². The number of carbonyl (C=O) groups excluding carboxylic acids is 1. The van der Waals surface area contributed by atoms with Crippen molar-refractivity contribution in [1.29, 1.82) is 0 Å². The van der Waals surface area contributed by atoms with Crippen LogP contribution < -0.4 is 0 Å². The number of halogens is 1. The number of fused-ring (bicyclic) bond motifs is 1. The van der Waals surface area contributed by atoms with Crippen LogP contribution in [0.1, 0.15) is 95.3 Å². The summed E-state index contributed by atoms with van der Waals surface area (Å²) in [7, 11) is 0. The highest BCUT2D eigenvalue weighted by Gasteiger charge is 2.28. The van der Waals surface area contributed by atoms with Crippen LogP contribution >= 0.6 is 0 Å². The van der Waals surface area contributed by atoms with Gasteiger partial charge < -0.3 is 4.40 Å². The van der Waals surface area contributed by atoms with E-state index in [2.05, 4.69) is 31.2 Å². The predicted octanol–water partition coefficient (Wildman–Crippen LogP) is 7.35. The maximum atomic E-state index is 13.0. The molecule has 2 aromatic heterocycles. The van der Waals surface area contributed by atoms with Crippen molar-refractivity contribution >= 4 is 11.3 Å². The van der Waals surface area contributed by atoms with E-state index < -0.39 is 5.67 Å². The molecular formula is C24H38FNO. The zero-order valence-electron chi connectivity index (χ0n) is 18.4. The van der Waals surface area contributed by atoms with Crippen LogP contribution in [0.25, 0.3) is 5.52 Å². The largest absolute Gasteiger partial charge is 0.320 e. The molecule has 1 aliphatic rings. The van der Waals surface area contributed by atoms with Gasteiger partial charge in [0.15, 0.2) is 5.78 Å². The lowest BCUT2D eigenvalue weighted by molar-refractivity contribution is 0.101. The molecule has 27 heavy (non-hydrogen) atoms. The third kappa shape index (κ3) is 6.48. The molecule has 1 fully saturated rings. The summed E-state index contributed by atoms with van der Waals surface area (Å²) in [5, 5.41) is 0. The molecule has 0 aromatic carbocycles. The minimum absolute atomic E-state index is 0.147. The molecular weight excluding hydrogens is 337 g/mol. The molecule has 0 saturated heterocycles. The summed E-state index contributed by atoms with van der Waals surface area (Å²) < 4.78 is 15.2. The third-order valence-electron chi connectivity index (χ3n) is 5.27. The Morgan fingerprint density at radius 2 is 1.89 bits per heavy atom. The average Bonchev–Trinajstić information content (AvgIpc) is 3.01. The zero-order valence-corrected chi connectivity index (χ0v) is 18.4. The molecule has 0 atom stereocenters. The fourth-order valence-electron chi connectivity index (χ4n) is 3.58. The topological polar surface area (TPSA) is 21.5 Å². The number of carbonyl (C=O) groups is 1. The van der Waals surface area contributed by atoms with Crippen LogP contribution in [0.15, 0.2) is 24.4 Å². The summed E-state index contributed by atoms with van der Waals surface area (Å²) in [6.07, 6.45) is 7.84. The first-order valence-corrected chi connectivity index (χ1v) is 10.5. The molecule has 0 radical (unpaired) electrons. The smallest absolute Gasteiger partial charge is 0.161 e. The third-order valence-corrected chi connectivity index (χ3v) is 5.27. The van der Waals surface area contributed by atoms with Gasteiger partial charge in [-0.3, -0.25) is 4.79 Å². The molecule has 0 bridgehead atoms. The SMILES string of the molecule is CC.CC1CCC(C)(F)CC1.CCCc1cc(C(C)=O)c2c(C)cccn12. The normalized spacial score (nSPS) is 21.7. The van der Waals surface area contributed by atoms with Crippen molar-refractivity contribution < 1.29 is 9.18 Å². The Bertz CT molecular complexity index is 719. The van der Waals surface area contributed by atoms with Gasteiger partial charge in [0.25, 0.3) is 0 Å². The Morgan fingerprint density at radius 1 is 1.30 bits per heavy atom. The molecule has 1 aliphatic carbocycles. The van der Waals surface area contributed by atoms with E-state index in [1.54, 1.807) is 13.8 Å². The minimum Gasteiger partial charge on any atom is -0.320 e. The van der Waals surface area contributed by atoms with Crippen LogP contribution in [0.4, 0.5) is 4.39 Å². The summed E-state index contributed by atoms with van der Waals surface area (Å²) in [4.78, 5) is 11.6. The first-order chi connectivity index (χ1) is 12.7. The van der Waals surface area contributed by atoms with Gasteiger partial charge in [-0.15, -0.1) is 0 Å². The maximum Gasteiger partial charge on any atom is 0.161 e. The summed E-state index contributed by atoms with van der Waals surface area (Å²) in [6.45, 7) is 13.8. The van der Waals surface area contributed by atoms with Gasteiger partial charge in [0, 0.05) is 17.5 Å². The van der Waals surface area contributed by atoms with Crippen molar-refractivity contribution in [2.75, 3.05) is 0 Å². The van der Waals surface area contributed by atoms with Gasteiger partial charge in [-0.1, -0.05) is 40.2 Å². The molecule has 3 heteroatoms. The van der Waals surface area contributed by atoms with E-state index in [1.807, 2.05) is 32.2 Å². The first kappa shape index (κ1) is 23.4. The Labute approximate surface area is 165 Å². The van der Waals surface area contributed by atoms with Crippen molar-refractivity contribution in [1.82, 2.24) is 4.40 Å².